The van der Waals surface area contributed by atoms with Crippen LogP contribution in [0.2, 0.25) is 0 Å². The molecule has 0 fully saturated rings. The molecule has 0 aromatic heterocycles. The molecule has 4 rings (SSSR count). The number of carbonyl (C=O) groups is 2. The van der Waals surface area contributed by atoms with Crippen molar-refractivity contribution in [1.82, 2.24) is 5.32 Å². The largest absolute Gasteiger partial charge is 0.467 e. The molecule has 4 aromatic rings. The van der Waals surface area contributed by atoms with Gasteiger partial charge in [0.1, 0.15) is 17.3 Å². The van der Waals surface area contributed by atoms with Crippen LogP contribution in [0.3, 0.4) is 0 Å². The van der Waals surface area contributed by atoms with Crippen molar-refractivity contribution in [1.29, 1.82) is 0 Å². The van der Waals surface area contributed by atoms with Gasteiger partial charge in [0.05, 0.1) is 7.11 Å². The van der Waals surface area contributed by atoms with Crippen molar-refractivity contribution in [3.05, 3.63) is 143 Å². The molecule has 0 bridgehead atoms. The van der Waals surface area contributed by atoms with E-state index in [1.807, 2.05) is 91.0 Å². The predicted octanol–water partition coefficient (Wildman–Crippen LogP) is 5.06. The number of benzene rings is 4. The molecule has 0 aliphatic heterocycles. The highest BCUT2D eigenvalue weighted by Gasteiger charge is 2.45. The van der Waals surface area contributed by atoms with Crippen LogP contribution in [0.25, 0.3) is 0 Å². The van der Waals surface area contributed by atoms with E-state index in [0.29, 0.717) is 5.56 Å². The van der Waals surface area contributed by atoms with Gasteiger partial charge in [-0.05, 0) is 34.4 Å². The predicted molar refractivity (Wildman–Crippen MR) is 133 cm³/mol. The lowest BCUT2D eigenvalue weighted by Gasteiger charge is -2.35. The van der Waals surface area contributed by atoms with E-state index in [-0.39, 0.29) is 12.3 Å². The van der Waals surface area contributed by atoms with Gasteiger partial charge >= 0.3 is 5.97 Å². The molecule has 0 spiro atoms. The van der Waals surface area contributed by atoms with Gasteiger partial charge in [-0.25, -0.2) is 9.18 Å². The molecule has 1 amide bonds. The van der Waals surface area contributed by atoms with Crippen LogP contribution in [0.15, 0.2) is 115 Å². The summed E-state index contributed by atoms with van der Waals surface area (Å²) >= 11 is 0. The second-order valence-corrected chi connectivity index (χ2v) is 8.23. The molecule has 0 heterocycles. The Hall–Kier alpha value is -4.25. The Morgan fingerprint density at radius 1 is 0.771 bits per heavy atom. The van der Waals surface area contributed by atoms with Crippen molar-refractivity contribution in [2.75, 3.05) is 7.11 Å². The number of hydrogen-bond donors (Lipinski definition) is 1. The maximum Gasteiger partial charge on any atom is 0.328 e. The summed E-state index contributed by atoms with van der Waals surface area (Å²) in [7, 11) is 1.27. The molecule has 0 aliphatic rings. The number of amides is 1. The van der Waals surface area contributed by atoms with Gasteiger partial charge in [-0.1, -0.05) is 103 Å². The van der Waals surface area contributed by atoms with Gasteiger partial charge in [0.25, 0.3) is 0 Å². The second kappa shape index (κ2) is 10.8. The molecule has 0 saturated carbocycles. The average Bonchev–Trinajstić information content (AvgIpc) is 2.90. The topological polar surface area (TPSA) is 55.4 Å². The Morgan fingerprint density at radius 2 is 1.26 bits per heavy atom. The van der Waals surface area contributed by atoms with Gasteiger partial charge in [0.15, 0.2) is 0 Å². The molecule has 4 nitrogen and oxygen atoms in total. The smallest absolute Gasteiger partial charge is 0.328 e. The highest BCUT2D eigenvalue weighted by atomic mass is 19.1. The Morgan fingerprint density at radius 3 is 1.69 bits per heavy atom. The lowest BCUT2D eigenvalue weighted by atomic mass is 9.68. The highest BCUT2D eigenvalue weighted by Crippen LogP contribution is 2.39. The van der Waals surface area contributed by atoms with E-state index >= 15 is 0 Å². The van der Waals surface area contributed by atoms with Gasteiger partial charge in [0, 0.05) is 6.42 Å². The monoisotopic (exact) mass is 467 g/mol. The van der Waals surface area contributed by atoms with E-state index in [2.05, 4.69) is 5.32 Å². The average molecular weight is 468 g/mol. The molecule has 0 radical (unpaired) electrons. The number of nitrogens with one attached hydrogen (secondary N) is 1. The van der Waals surface area contributed by atoms with Crippen molar-refractivity contribution in [3.8, 4) is 0 Å². The number of carbonyl (C=O) groups excluding carboxylic acids is 2. The lowest BCUT2D eigenvalue weighted by Crippen LogP contribution is -2.52. The maximum absolute atomic E-state index is 14.4. The summed E-state index contributed by atoms with van der Waals surface area (Å²) < 4.78 is 18.8. The zero-order valence-electron chi connectivity index (χ0n) is 19.4. The normalized spacial score (nSPS) is 11.9. The fourth-order valence-corrected chi connectivity index (χ4v) is 4.46. The molecule has 4 aromatic carbocycles. The third-order valence-electron chi connectivity index (χ3n) is 6.08. The molecule has 176 valence electrons. The number of rotatable bonds is 8. The summed E-state index contributed by atoms with van der Waals surface area (Å²) in [4.78, 5) is 27.1. The fourth-order valence-electron chi connectivity index (χ4n) is 4.46. The van der Waals surface area contributed by atoms with Crippen LogP contribution in [0.1, 0.15) is 22.3 Å². The lowest BCUT2D eigenvalue weighted by molar-refractivity contribution is -0.145. The van der Waals surface area contributed by atoms with Crippen LogP contribution in [0.4, 0.5) is 4.39 Å². The van der Waals surface area contributed by atoms with Crippen molar-refractivity contribution >= 4 is 11.9 Å². The molecule has 1 N–H and O–H groups in total. The van der Waals surface area contributed by atoms with E-state index in [0.717, 1.165) is 16.7 Å². The van der Waals surface area contributed by atoms with Crippen molar-refractivity contribution < 1.29 is 18.7 Å². The summed E-state index contributed by atoms with van der Waals surface area (Å²) in [5.41, 5.74) is 1.60. The molecule has 0 aliphatic carbocycles. The van der Waals surface area contributed by atoms with Crippen molar-refractivity contribution in [3.63, 3.8) is 0 Å². The Bertz CT molecular complexity index is 1180. The first-order valence-electron chi connectivity index (χ1n) is 11.4. The number of hydrogen-bond acceptors (Lipinski definition) is 3. The number of halogens is 1. The minimum Gasteiger partial charge on any atom is -0.467 e. The molecule has 0 unspecified atom stereocenters. The van der Waals surface area contributed by atoms with Gasteiger partial charge in [-0.3, -0.25) is 4.79 Å². The standard InChI is InChI=1S/C30H26FNO3/c1-35-28(33)27(21-22-12-11-19-26(31)20-22)32-29(34)30(23-13-5-2-6-14-23,24-15-7-3-8-16-24)25-17-9-4-10-18-25/h2-20,27H,21H2,1H3,(H,32,34)/t27-/m1/s1. The van der Waals surface area contributed by atoms with Crippen LogP contribution >= 0.6 is 0 Å². The molecular formula is C30H26FNO3. The Labute approximate surface area is 204 Å². The Kier molecular flexibility index (Phi) is 7.36. The first-order chi connectivity index (χ1) is 17.1. The van der Waals surface area contributed by atoms with Crippen LogP contribution < -0.4 is 5.32 Å². The summed E-state index contributed by atoms with van der Waals surface area (Å²) in [5.74, 6) is -1.40. The third kappa shape index (κ3) is 4.99. The van der Waals surface area contributed by atoms with E-state index in [4.69, 9.17) is 4.74 Å². The van der Waals surface area contributed by atoms with Crippen LogP contribution in [-0.2, 0) is 26.2 Å². The number of esters is 1. The van der Waals surface area contributed by atoms with Crippen molar-refractivity contribution in [2.24, 2.45) is 0 Å². The quantitative estimate of drug-likeness (QED) is 0.291. The number of methoxy groups -OCH3 is 1. The zero-order valence-corrected chi connectivity index (χ0v) is 19.4. The third-order valence-corrected chi connectivity index (χ3v) is 6.08. The summed E-state index contributed by atoms with van der Waals surface area (Å²) in [5, 5.41) is 2.94. The minimum absolute atomic E-state index is 0.0879. The first kappa shape index (κ1) is 23.9. The van der Waals surface area contributed by atoms with Crippen molar-refractivity contribution in [2.45, 2.75) is 17.9 Å². The fraction of sp³-hybridized carbons (Fsp3) is 0.133. The maximum atomic E-state index is 14.4. The van der Waals surface area contributed by atoms with Crippen LogP contribution in [-0.4, -0.2) is 25.0 Å². The molecule has 5 heteroatoms. The second-order valence-electron chi connectivity index (χ2n) is 8.23. The molecule has 1 atom stereocenters. The highest BCUT2D eigenvalue weighted by molar-refractivity contribution is 5.98. The SMILES string of the molecule is COC(=O)[C@@H](Cc1cccc(F)c1)NC(=O)C(c1ccccc1)(c1ccccc1)c1ccccc1. The van der Waals surface area contributed by atoms with E-state index in [1.165, 1.54) is 19.2 Å². The molecule has 0 saturated heterocycles. The zero-order chi connectivity index (χ0) is 24.7. The summed E-state index contributed by atoms with van der Waals surface area (Å²) in [6.45, 7) is 0. The van der Waals surface area contributed by atoms with Crippen LogP contribution in [0, 0.1) is 5.82 Å². The summed E-state index contributed by atoms with van der Waals surface area (Å²) in [6, 6.07) is 33.3. The number of ether oxygens (including phenoxy) is 1. The van der Waals surface area contributed by atoms with Gasteiger partial charge < -0.3 is 10.1 Å². The Balaban J connectivity index is 1.85. The summed E-state index contributed by atoms with van der Waals surface area (Å²) in [6.07, 6.45) is 0.0879. The van der Waals surface area contributed by atoms with Gasteiger partial charge in [-0.15, -0.1) is 0 Å². The van der Waals surface area contributed by atoms with Gasteiger partial charge in [-0.2, -0.15) is 0 Å². The van der Waals surface area contributed by atoms with E-state index in [9.17, 15) is 14.0 Å². The molecule has 35 heavy (non-hydrogen) atoms. The minimum atomic E-state index is -1.24. The van der Waals surface area contributed by atoms with Gasteiger partial charge in [0.2, 0.25) is 5.91 Å². The van der Waals surface area contributed by atoms with Crippen LogP contribution in [0.5, 0.6) is 0 Å². The van der Waals surface area contributed by atoms with E-state index < -0.39 is 23.2 Å². The van der Waals surface area contributed by atoms with E-state index in [1.54, 1.807) is 12.1 Å². The molecular weight excluding hydrogens is 441 g/mol. The first-order valence-corrected chi connectivity index (χ1v) is 11.4.